The number of H-pyrrole nitrogens is 1. The number of aromatic nitrogens is 2. The molecule has 3 aromatic rings. The Bertz CT molecular complexity index is 991. The number of nitrogens with one attached hydrogen (secondary N) is 1. The van der Waals surface area contributed by atoms with Crippen LogP contribution >= 0.6 is 0 Å². The van der Waals surface area contributed by atoms with Crippen LogP contribution in [0.1, 0.15) is 22.5 Å². The lowest BCUT2D eigenvalue weighted by Crippen LogP contribution is -1.92. The predicted molar refractivity (Wildman–Crippen MR) is 96.6 cm³/mol. The van der Waals surface area contributed by atoms with Gasteiger partial charge in [-0.3, -0.25) is 0 Å². The van der Waals surface area contributed by atoms with Crippen molar-refractivity contribution in [2.45, 2.75) is 13.8 Å². The number of fused-ring (bicyclic) bond motifs is 1. The molecule has 0 aliphatic heterocycles. The van der Waals surface area contributed by atoms with Gasteiger partial charge in [-0.25, -0.2) is 4.98 Å². The molecule has 0 atom stereocenters. The zero-order valence-corrected chi connectivity index (χ0v) is 14.0. The Morgan fingerprint density at radius 2 is 1.88 bits per heavy atom. The number of aryl methyl sites for hydroxylation is 2. The third kappa shape index (κ3) is 3.52. The Labute approximate surface area is 145 Å². The predicted octanol–water partition coefficient (Wildman–Crippen LogP) is 4.15. The summed E-state index contributed by atoms with van der Waals surface area (Å²) < 4.78 is 5.22. The van der Waals surface area contributed by atoms with Gasteiger partial charge in [0.2, 0.25) is 0 Å². The van der Waals surface area contributed by atoms with E-state index in [0.29, 0.717) is 17.1 Å². The highest BCUT2D eigenvalue weighted by atomic mass is 16.5. The fourth-order valence-corrected chi connectivity index (χ4v) is 2.49. The van der Waals surface area contributed by atoms with Crippen molar-refractivity contribution in [1.29, 1.82) is 10.5 Å². The third-order valence-corrected chi connectivity index (χ3v) is 3.97. The number of allylic oxidation sites excluding steroid dienone is 1. The lowest BCUT2D eigenvalue weighted by atomic mass is 10.1. The molecule has 1 aromatic heterocycles. The maximum Gasteiger partial charge on any atom is 0.174 e. The molecule has 0 fully saturated rings. The first-order chi connectivity index (χ1) is 12.1. The average Bonchev–Trinajstić information content (AvgIpc) is 3.01. The summed E-state index contributed by atoms with van der Waals surface area (Å²) in [5.74, 6) is 1.17. The summed E-state index contributed by atoms with van der Waals surface area (Å²) in [6.45, 7) is 4.10. The summed E-state index contributed by atoms with van der Waals surface area (Å²) in [6, 6.07) is 15.4. The van der Waals surface area contributed by atoms with E-state index in [0.717, 1.165) is 16.6 Å². The number of hydrogen-bond donors (Lipinski definition) is 1. The van der Waals surface area contributed by atoms with Gasteiger partial charge in [-0.05, 0) is 60.9 Å². The molecule has 0 bridgehead atoms. The van der Waals surface area contributed by atoms with Crippen LogP contribution in [0.4, 0.5) is 0 Å². The van der Waals surface area contributed by atoms with Crippen LogP contribution in [-0.4, -0.2) is 16.6 Å². The first kappa shape index (κ1) is 16.3. The number of benzene rings is 2. The molecule has 0 saturated carbocycles. The van der Waals surface area contributed by atoms with E-state index in [2.05, 4.69) is 16.0 Å². The first-order valence-corrected chi connectivity index (χ1v) is 7.79. The van der Waals surface area contributed by atoms with E-state index in [1.165, 1.54) is 11.1 Å². The van der Waals surface area contributed by atoms with Crippen LogP contribution < -0.4 is 4.74 Å². The Hall–Kier alpha value is -3.57. The number of nitrogens with zero attached hydrogens (tertiary/aromatic N) is 3. The Morgan fingerprint density at radius 1 is 1.16 bits per heavy atom. The van der Waals surface area contributed by atoms with Crippen molar-refractivity contribution in [2.75, 3.05) is 6.61 Å². The van der Waals surface area contributed by atoms with E-state index in [4.69, 9.17) is 10.00 Å². The molecule has 0 spiro atoms. The van der Waals surface area contributed by atoms with Crippen LogP contribution in [0, 0.1) is 36.5 Å². The van der Waals surface area contributed by atoms with Crippen molar-refractivity contribution in [3.05, 3.63) is 58.9 Å². The zero-order valence-electron chi connectivity index (χ0n) is 14.0. The van der Waals surface area contributed by atoms with E-state index in [1.54, 1.807) is 18.2 Å². The normalized spacial score (nSPS) is 11.1. The van der Waals surface area contributed by atoms with Gasteiger partial charge in [-0.15, -0.1) is 0 Å². The van der Waals surface area contributed by atoms with Gasteiger partial charge in [0, 0.05) is 0 Å². The molecule has 0 amide bonds. The topological polar surface area (TPSA) is 85.5 Å². The highest BCUT2D eigenvalue weighted by Crippen LogP contribution is 2.22. The molecular weight excluding hydrogens is 312 g/mol. The van der Waals surface area contributed by atoms with Gasteiger partial charge >= 0.3 is 0 Å². The van der Waals surface area contributed by atoms with Gasteiger partial charge < -0.3 is 9.72 Å². The fourth-order valence-electron chi connectivity index (χ4n) is 2.49. The van der Waals surface area contributed by atoms with Crippen molar-refractivity contribution in [3.63, 3.8) is 0 Å². The summed E-state index contributed by atoms with van der Waals surface area (Å²) in [5.41, 5.74) is 5.42. The molecule has 0 aliphatic carbocycles. The summed E-state index contributed by atoms with van der Waals surface area (Å²) in [5, 5.41) is 18.0. The quantitative estimate of drug-likeness (QED) is 0.729. The minimum absolute atomic E-state index is 0.0104. The van der Waals surface area contributed by atoms with Crippen LogP contribution in [0.25, 0.3) is 22.7 Å². The second kappa shape index (κ2) is 6.90. The van der Waals surface area contributed by atoms with Crippen molar-refractivity contribution in [3.8, 4) is 17.9 Å². The zero-order chi connectivity index (χ0) is 17.8. The highest BCUT2D eigenvalue weighted by molar-refractivity contribution is 5.90. The van der Waals surface area contributed by atoms with Crippen LogP contribution in [0.15, 0.2) is 36.4 Å². The van der Waals surface area contributed by atoms with E-state index in [9.17, 15) is 5.26 Å². The van der Waals surface area contributed by atoms with Gasteiger partial charge in [-0.1, -0.05) is 12.1 Å². The molecule has 5 nitrogen and oxygen atoms in total. The molecule has 5 heteroatoms. The van der Waals surface area contributed by atoms with Crippen molar-refractivity contribution >= 4 is 22.7 Å². The van der Waals surface area contributed by atoms with Crippen LogP contribution in [0.3, 0.4) is 0 Å². The molecule has 1 heterocycles. The van der Waals surface area contributed by atoms with Gasteiger partial charge in [0.15, 0.2) is 6.61 Å². The summed E-state index contributed by atoms with van der Waals surface area (Å²) >= 11 is 0. The number of aromatic amines is 1. The summed E-state index contributed by atoms with van der Waals surface area (Å²) in [6.07, 6.45) is 1.77. The summed E-state index contributed by atoms with van der Waals surface area (Å²) in [7, 11) is 0. The molecule has 1 N–H and O–H groups in total. The molecular formula is C20H16N4O. The Morgan fingerprint density at radius 3 is 2.56 bits per heavy atom. The van der Waals surface area contributed by atoms with Gasteiger partial charge in [-0.2, -0.15) is 10.5 Å². The monoisotopic (exact) mass is 328 g/mol. The maximum atomic E-state index is 9.51. The molecule has 0 saturated heterocycles. The van der Waals surface area contributed by atoms with Crippen molar-refractivity contribution in [2.24, 2.45) is 0 Å². The van der Waals surface area contributed by atoms with Crippen molar-refractivity contribution < 1.29 is 4.74 Å². The Balaban J connectivity index is 1.93. The standard InChI is InChI=1S/C20H16N4O/c1-13-9-18-19(10-14(13)2)24-20(23-18)16(12-22)11-15-3-5-17(6-4-15)25-8-7-21/h3-6,9-11H,8H2,1-2H3,(H,23,24)/b16-11-. The van der Waals surface area contributed by atoms with Crippen LogP contribution in [0.2, 0.25) is 0 Å². The van der Waals surface area contributed by atoms with E-state index in [1.807, 2.05) is 44.2 Å². The first-order valence-electron chi connectivity index (χ1n) is 7.79. The van der Waals surface area contributed by atoms with Crippen molar-refractivity contribution in [1.82, 2.24) is 9.97 Å². The molecule has 122 valence electrons. The number of imidazole rings is 1. The molecule has 2 aromatic carbocycles. The van der Waals surface area contributed by atoms with Crippen LogP contribution in [0.5, 0.6) is 5.75 Å². The van der Waals surface area contributed by atoms with Gasteiger partial charge in [0.1, 0.15) is 23.7 Å². The number of ether oxygens (including phenoxy) is 1. The second-order valence-corrected chi connectivity index (χ2v) is 5.72. The van der Waals surface area contributed by atoms with E-state index >= 15 is 0 Å². The number of hydrogen-bond acceptors (Lipinski definition) is 4. The van der Waals surface area contributed by atoms with Crippen LogP contribution in [-0.2, 0) is 0 Å². The van der Waals surface area contributed by atoms with Gasteiger partial charge in [0.25, 0.3) is 0 Å². The van der Waals surface area contributed by atoms with E-state index in [-0.39, 0.29) is 6.61 Å². The third-order valence-electron chi connectivity index (χ3n) is 3.97. The largest absolute Gasteiger partial charge is 0.479 e. The van der Waals surface area contributed by atoms with Gasteiger partial charge in [0.05, 0.1) is 16.6 Å². The molecule has 0 radical (unpaired) electrons. The SMILES string of the molecule is Cc1cc2nc(/C(C#N)=C\c3ccc(OCC#N)cc3)[nH]c2cc1C. The summed E-state index contributed by atoms with van der Waals surface area (Å²) in [4.78, 5) is 7.74. The minimum Gasteiger partial charge on any atom is -0.479 e. The molecule has 3 rings (SSSR count). The fraction of sp³-hybridized carbons (Fsp3) is 0.150. The lowest BCUT2D eigenvalue weighted by Gasteiger charge is -2.01. The Kier molecular flexibility index (Phi) is 4.50. The minimum atomic E-state index is 0.0104. The smallest absolute Gasteiger partial charge is 0.174 e. The molecule has 0 aliphatic rings. The number of rotatable bonds is 4. The second-order valence-electron chi connectivity index (χ2n) is 5.72. The highest BCUT2D eigenvalue weighted by Gasteiger charge is 2.09. The molecule has 25 heavy (non-hydrogen) atoms. The van der Waals surface area contributed by atoms with E-state index < -0.39 is 0 Å². The maximum absolute atomic E-state index is 9.51. The molecule has 0 unspecified atom stereocenters. The average molecular weight is 328 g/mol. The number of nitriles is 2. The lowest BCUT2D eigenvalue weighted by molar-refractivity contribution is 0.368.